The van der Waals surface area contributed by atoms with E-state index < -0.39 is 0 Å². The number of hydrogen-bond acceptors (Lipinski definition) is 3. The van der Waals surface area contributed by atoms with Crippen LogP contribution in [0.3, 0.4) is 0 Å². The smallest absolute Gasteiger partial charge is 0.239 e. The molecule has 0 aliphatic carbocycles. The van der Waals surface area contributed by atoms with Crippen LogP contribution in [-0.2, 0) is 10.2 Å². The molecular formula is C16H26N2OS. The lowest BCUT2D eigenvalue weighted by atomic mass is 9.91. The fourth-order valence-electron chi connectivity index (χ4n) is 2.63. The lowest BCUT2D eigenvalue weighted by Gasteiger charge is -2.31. The van der Waals surface area contributed by atoms with Crippen LogP contribution in [-0.4, -0.2) is 36.5 Å². The molecule has 2 heterocycles. The zero-order chi connectivity index (χ0) is 14.6. The highest BCUT2D eigenvalue weighted by Crippen LogP contribution is 2.26. The van der Waals surface area contributed by atoms with Crippen LogP contribution in [0.15, 0.2) is 17.5 Å². The van der Waals surface area contributed by atoms with Crippen LogP contribution in [0.4, 0.5) is 0 Å². The van der Waals surface area contributed by atoms with Crippen LogP contribution < -0.4 is 5.32 Å². The quantitative estimate of drug-likeness (QED) is 0.905. The molecule has 1 saturated heterocycles. The second-order valence-electron chi connectivity index (χ2n) is 6.35. The number of hydrogen-bond donors (Lipinski definition) is 1. The summed E-state index contributed by atoms with van der Waals surface area (Å²) in [7, 11) is 0. The van der Waals surface area contributed by atoms with Crippen molar-refractivity contribution in [2.24, 2.45) is 0 Å². The highest BCUT2D eigenvalue weighted by Gasteiger charge is 2.26. The van der Waals surface area contributed by atoms with Crippen LogP contribution in [0.25, 0.3) is 0 Å². The molecule has 3 nitrogen and oxygen atoms in total. The molecule has 20 heavy (non-hydrogen) atoms. The first-order chi connectivity index (χ1) is 9.50. The molecule has 112 valence electrons. The minimum atomic E-state index is -0.0904. The van der Waals surface area contributed by atoms with Crippen molar-refractivity contribution < 1.29 is 4.79 Å². The summed E-state index contributed by atoms with van der Waals surface area (Å²) in [4.78, 5) is 15.7. The number of nitrogens with zero attached hydrogens (tertiary/aromatic N) is 1. The number of carbonyl (C=O) groups excluding carboxylic acids is 1. The summed E-state index contributed by atoms with van der Waals surface area (Å²) in [6.07, 6.45) is 3.56. The second-order valence-corrected chi connectivity index (χ2v) is 7.30. The van der Waals surface area contributed by atoms with E-state index >= 15 is 0 Å². The fraction of sp³-hybridized carbons (Fsp3) is 0.688. The Morgan fingerprint density at radius 2 is 2.10 bits per heavy atom. The Balaban J connectivity index is 1.85. The first kappa shape index (κ1) is 15.5. The van der Waals surface area contributed by atoms with Gasteiger partial charge in [0.1, 0.15) is 0 Å². The fourth-order valence-corrected chi connectivity index (χ4v) is 3.49. The minimum Gasteiger partial charge on any atom is -0.341 e. The van der Waals surface area contributed by atoms with Crippen molar-refractivity contribution in [1.82, 2.24) is 10.2 Å². The van der Waals surface area contributed by atoms with Crippen LogP contribution in [0.2, 0.25) is 0 Å². The predicted octanol–water partition coefficient (Wildman–Crippen LogP) is 3.02. The van der Waals surface area contributed by atoms with Crippen molar-refractivity contribution in [2.45, 2.75) is 51.5 Å². The van der Waals surface area contributed by atoms with Crippen LogP contribution >= 0.6 is 11.3 Å². The predicted molar refractivity (Wildman–Crippen MR) is 85.2 cm³/mol. The van der Waals surface area contributed by atoms with Crippen molar-refractivity contribution >= 4 is 17.2 Å². The topological polar surface area (TPSA) is 32.3 Å². The number of carbonyl (C=O) groups is 1. The Kier molecular flexibility index (Phi) is 5.22. The van der Waals surface area contributed by atoms with Gasteiger partial charge in [-0.05, 0) is 37.6 Å². The molecule has 0 aromatic carbocycles. The van der Waals surface area contributed by atoms with Crippen molar-refractivity contribution in [3.8, 4) is 0 Å². The summed E-state index contributed by atoms with van der Waals surface area (Å²) in [6.45, 7) is 9.13. The Bertz CT molecular complexity index is 422. The van der Waals surface area contributed by atoms with E-state index in [9.17, 15) is 4.79 Å². The zero-order valence-corrected chi connectivity index (χ0v) is 13.6. The van der Waals surface area contributed by atoms with Crippen LogP contribution in [0.1, 0.15) is 44.9 Å². The van der Waals surface area contributed by atoms with Gasteiger partial charge >= 0.3 is 0 Å². The molecule has 1 fully saturated rings. The summed E-state index contributed by atoms with van der Waals surface area (Å²) >= 11 is 1.78. The van der Waals surface area contributed by atoms with E-state index in [0.29, 0.717) is 0 Å². The molecule has 1 N–H and O–H groups in total. The standard InChI is InChI=1S/C16H26N2OS/c1-13(15(19)18-9-5-4-6-10-18)17-12-16(2,3)14-8-7-11-20-14/h7-8,11,13,17H,4-6,9-10,12H2,1-3H3. The molecule has 1 aliphatic heterocycles. The molecular weight excluding hydrogens is 268 g/mol. The van der Waals surface area contributed by atoms with Gasteiger partial charge in [-0.3, -0.25) is 4.79 Å². The number of thiophene rings is 1. The summed E-state index contributed by atoms with van der Waals surface area (Å²) in [6, 6.07) is 4.17. The van der Waals surface area contributed by atoms with Crippen LogP contribution in [0, 0.1) is 0 Å². The van der Waals surface area contributed by atoms with Crippen molar-refractivity contribution in [1.29, 1.82) is 0 Å². The zero-order valence-electron chi connectivity index (χ0n) is 12.8. The number of nitrogens with one attached hydrogen (secondary N) is 1. The van der Waals surface area contributed by atoms with Crippen molar-refractivity contribution in [3.63, 3.8) is 0 Å². The normalized spacial score (nSPS) is 18.1. The van der Waals surface area contributed by atoms with Gasteiger partial charge in [0.15, 0.2) is 0 Å². The summed E-state index contributed by atoms with van der Waals surface area (Å²) in [5.74, 6) is 0.256. The van der Waals surface area contributed by atoms with Gasteiger partial charge < -0.3 is 10.2 Å². The molecule has 1 aromatic heterocycles. The molecule has 0 saturated carbocycles. The first-order valence-electron chi connectivity index (χ1n) is 7.57. The third-order valence-electron chi connectivity index (χ3n) is 4.08. The third kappa shape index (κ3) is 3.83. The van der Waals surface area contributed by atoms with E-state index in [-0.39, 0.29) is 17.4 Å². The van der Waals surface area contributed by atoms with Crippen molar-refractivity contribution in [2.75, 3.05) is 19.6 Å². The average molecular weight is 294 g/mol. The number of piperidine rings is 1. The van der Waals surface area contributed by atoms with E-state index in [4.69, 9.17) is 0 Å². The number of rotatable bonds is 5. The van der Waals surface area contributed by atoms with Gasteiger partial charge in [-0.25, -0.2) is 0 Å². The molecule has 1 atom stereocenters. The van der Waals surface area contributed by atoms with Gasteiger partial charge in [-0.1, -0.05) is 19.9 Å². The maximum absolute atomic E-state index is 12.4. The molecule has 1 aromatic rings. The average Bonchev–Trinajstić information content (AvgIpc) is 3.00. The second kappa shape index (κ2) is 6.72. The van der Waals surface area contributed by atoms with Gasteiger partial charge in [-0.2, -0.15) is 0 Å². The van der Waals surface area contributed by atoms with E-state index in [1.807, 2.05) is 11.8 Å². The molecule has 1 aliphatic rings. The summed E-state index contributed by atoms with van der Waals surface area (Å²) in [5, 5.41) is 5.53. The van der Waals surface area contributed by atoms with Crippen molar-refractivity contribution in [3.05, 3.63) is 22.4 Å². The highest BCUT2D eigenvalue weighted by atomic mass is 32.1. The van der Waals surface area contributed by atoms with E-state index in [1.54, 1.807) is 11.3 Å². The SMILES string of the molecule is CC(NCC(C)(C)c1cccs1)C(=O)N1CCCCC1. The molecule has 1 unspecified atom stereocenters. The molecule has 1 amide bonds. The van der Waals surface area contributed by atoms with Gasteiger partial charge in [0.25, 0.3) is 0 Å². The lowest BCUT2D eigenvalue weighted by Crippen LogP contribution is -2.49. The Morgan fingerprint density at radius 3 is 2.70 bits per heavy atom. The number of amides is 1. The van der Waals surface area contributed by atoms with Gasteiger partial charge in [-0.15, -0.1) is 11.3 Å². The van der Waals surface area contributed by atoms with E-state index in [2.05, 4.69) is 36.7 Å². The highest BCUT2D eigenvalue weighted by molar-refractivity contribution is 7.10. The Hall–Kier alpha value is -0.870. The minimum absolute atomic E-state index is 0.0740. The van der Waals surface area contributed by atoms with Gasteiger partial charge in [0.05, 0.1) is 6.04 Å². The van der Waals surface area contributed by atoms with E-state index in [0.717, 1.165) is 32.5 Å². The monoisotopic (exact) mass is 294 g/mol. The first-order valence-corrected chi connectivity index (χ1v) is 8.45. The van der Waals surface area contributed by atoms with Gasteiger partial charge in [0.2, 0.25) is 5.91 Å². The molecule has 0 radical (unpaired) electrons. The molecule has 2 rings (SSSR count). The van der Waals surface area contributed by atoms with E-state index in [1.165, 1.54) is 11.3 Å². The largest absolute Gasteiger partial charge is 0.341 e. The third-order valence-corrected chi connectivity index (χ3v) is 5.31. The summed E-state index contributed by atoms with van der Waals surface area (Å²) in [5.41, 5.74) is 0.0740. The van der Waals surface area contributed by atoms with Crippen LogP contribution in [0.5, 0.6) is 0 Å². The Morgan fingerprint density at radius 1 is 1.40 bits per heavy atom. The number of likely N-dealkylation sites (tertiary alicyclic amines) is 1. The Labute approximate surface area is 126 Å². The molecule has 4 heteroatoms. The molecule has 0 bridgehead atoms. The molecule has 0 spiro atoms. The maximum Gasteiger partial charge on any atom is 0.239 e. The summed E-state index contributed by atoms with van der Waals surface area (Å²) < 4.78 is 0. The maximum atomic E-state index is 12.4. The lowest BCUT2D eigenvalue weighted by molar-refractivity contribution is -0.133. The van der Waals surface area contributed by atoms with Gasteiger partial charge in [0, 0.05) is 29.9 Å².